The first-order valence-electron chi connectivity index (χ1n) is 19.8. The maximum atomic E-state index is 5.50. The monoisotopic (exact) mass is 733 g/mol. The van der Waals surface area contributed by atoms with Crippen molar-refractivity contribution in [2.45, 2.75) is 0 Å². The normalized spacial score (nSPS) is 12.1. The molecule has 0 spiro atoms. The zero-order valence-corrected chi connectivity index (χ0v) is 31.2. The van der Waals surface area contributed by atoms with E-state index < -0.39 is 0 Å². The smallest absolute Gasteiger partial charge is 0.0970 e. The molecular formula is C55H31N3. The van der Waals surface area contributed by atoms with Crippen LogP contribution < -0.4 is 0 Å². The fraction of sp³-hybridized carbons (Fsp3) is 0. The second kappa shape index (κ2) is 11.9. The molecule has 0 amide bonds. The van der Waals surface area contributed by atoms with Crippen LogP contribution in [0.15, 0.2) is 188 Å². The summed E-state index contributed by atoms with van der Waals surface area (Å²) in [7, 11) is 0. The SMILES string of the molecule is c1cnc2c(c1)ccc1c(-c3ccc4ccc5cc(-c6ccc(-c7nc8c9ccccc9c9ccccc9c8c8ccccc78)cc6)cc6ccc3c4c56)ccnc12. The number of fused-ring (bicyclic) bond motifs is 11. The van der Waals surface area contributed by atoms with Crippen LogP contribution in [0.25, 0.3) is 131 Å². The Balaban J connectivity index is 0.951. The summed E-state index contributed by atoms with van der Waals surface area (Å²) in [6.45, 7) is 0. The molecule has 0 bridgehead atoms. The first-order valence-corrected chi connectivity index (χ1v) is 19.8. The first kappa shape index (κ1) is 31.5. The molecule has 0 saturated heterocycles. The zero-order valence-electron chi connectivity index (χ0n) is 31.2. The second-order valence-electron chi connectivity index (χ2n) is 15.5. The largest absolute Gasteiger partial charge is 0.254 e. The number of benzene rings is 10. The Morgan fingerprint density at radius 1 is 0.276 bits per heavy atom. The summed E-state index contributed by atoms with van der Waals surface area (Å²) in [4.78, 5) is 15.0. The Kier molecular flexibility index (Phi) is 6.44. The van der Waals surface area contributed by atoms with Crippen molar-refractivity contribution in [3.05, 3.63) is 188 Å². The van der Waals surface area contributed by atoms with Gasteiger partial charge >= 0.3 is 0 Å². The number of aromatic nitrogens is 3. The van der Waals surface area contributed by atoms with Gasteiger partial charge in [0.05, 0.1) is 22.2 Å². The van der Waals surface area contributed by atoms with Gasteiger partial charge in [0.2, 0.25) is 0 Å². The van der Waals surface area contributed by atoms with Gasteiger partial charge in [-0.1, -0.05) is 152 Å². The van der Waals surface area contributed by atoms with Gasteiger partial charge < -0.3 is 0 Å². The molecule has 3 nitrogen and oxygen atoms in total. The van der Waals surface area contributed by atoms with Crippen molar-refractivity contribution in [2.75, 3.05) is 0 Å². The van der Waals surface area contributed by atoms with Crippen LogP contribution in [0.3, 0.4) is 0 Å². The van der Waals surface area contributed by atoms with Gasteiger partial charge in [-0.15, -0.1) is 0 Å². The Hall–Kier alpha value is -7.75. The highest BCUT2D eigenvalue weighted by Gasteiger charge is 2.18. The molecule has 0 atom stereocenters. The molecule has 0 fully saturated rings. The molecular weight excluding hydrogens is 703 g/mol. The van der Waals surface area contributed by atoms with Crippen LogP contribution in [0.2, 0.25) is 0 Å². The lowest BCUT2D eigenvalue weighted by atomic mass is 9.87. The van der Waals surface area contributed by atoms with Crippen molar-refractivity contribution in [3.63, 3.8) is 0 Å². The maximum absolute atomic E-state index is 5.50. The lowest BCUT2D eigenvalue weighted by Crippen LogP contribution is -1.93. The van der Waals surface area contributed by atoms with Crippen LogP contribution in [-0.4, -0.2) is 15.0 Å². The Morgan fingerprint density at radius 3 is 1.67 bits per heavy atom. The molecule has 58 heavy (non-hydrogen) atoms. The number of nitrogens with zero attached hydrogens (tertiary/aromatic N) is 3. The number of rotatable bonds is 3. The first-order chi connectivity index (χ1) is 28.8. The van der Waals surface area contributed by atoms with Crippen molar-refractivity contribution >= 4 is 97.3 Å². The van der Waals surface area contributed by atoms with E-state index in [0.29, 0.717) is 0 Å². The fourth-order valence-electron chi connectivity index (χ4n) is 9.84. The van der Waals surface area contributed by atoms with E-state index in [-0.39, 0.29) is 0 Å². The third-order valence-corrected chi connectivity index (χ3v) is 12.4. The van der Waals surface area contributed by atoms with Crippen LogP contribution >= 0.6 is 0 Å². The average Bonchev–Trinajstić information content (AvgIpc) is 3.30. The van der Waals surface area contributed by atoms with Gasteiger partial charge in [0.25, 0.3) is 0 Å². The summed E-state index contributed by atoms with van der Waals surface area (Å²) in [6, 6.07) is 64.1. The van der Waals surface area contributed by atoms with E-state index in [0.717, 1.165) is 44.0 Å². The van der Waals surface area contributed by atoms with Crippen molar-refractivity contribution in [3.8, 4) is 33.5 Å². The van der Waals surface area contributed by atoms with Crippen LogP contribution in [0, 0.1) is 0 Å². The van der Waals surface area contributed by atoms with E-state index in [1.807, 2.05) is 18.5 Å². The standard InChI is InChI=1S/C55H31N3/c1-3-11-43-39(9-1)40-10-2-5-13-46(40)54-51(43)44-12-4-6-14-47(44)52(58-54)35-18-15-32(16-19-35)38-30-36-20-17-33-21-24-41(45-25-23-37(31-38)49(36)50(33)45)42-27-29-57-55-48(42)26-22-34-8-7-28-56-53(34)55/h1-31H. The number of pyridine rings is 3. The van der Waals surface area contributed by atoms with Gasteiger partial charge in [-0.25, -0.2) is 4.98 Å². The van der Waals surface area contributed by atoms with Gasteiger partial charge in [0.1, 0.15) is 0 Å². The number of hydrogen-bond acceptors (Lipinski definition) is 3. The minimum absolute atomic E-state index is 0.934. The van der Waals surface area contributed by atoms with Gasteiger partial charge in [-0.05, 0) is 100 Å². The molecule has 0 unspecified atom stereocenters. The highest BCUT2D eigenvalue weighted by atomic mass is 14.7. The molecule has 3 heterocycles. The Bertz CT molecular complexity index is 3830. The molecule has 3 aromatic heterocycles. The second-order valence-corrected chi connectivity index (χ2v) is 15.5. The summed E-state index contributed by atoms with van der Waals surface area (Å²) in [5.74, 6) is 0. The van der Waals surface area contributed by atoms with E-state index >= 15 is 0 Å². The third-order valence-electron chi connectivity index (χ3n) is 12.4. The van der Waals surface area contributed by atoms with E-state index in [9.17, 15) is 0 Å². The molecule has 0 N–H and O–H groups in total. The number of hydrogen-bond donors (Lipinski definition) is 0. The van der Waals surface area contributed by atoms with Crippen molar-refractivity contribution in [1.82, 2.24) is 15.0 Å². The third kappa shape index (κ3) is 4.41. The molecule has 0 saturated carbocycles. The average molecular weight is 734 g/mol. The van der Waals surface area contributed by atoms with Crippen LogP contribution in [-0.2, 0) is 0 Å². The van der Waals surface area contributed by atoms with E-state index in [1.165, 1.54) is 86.9 Å². The van der Waals surface area contributed by atoms with Crippen molar-refractivity contribution < 1.29 is 0 Å². The zero-order chi connectivity index (χ0) is 37.9. The van der Waals surface area contributed by atoms with E-state index in [2.05, 4.69) is 170 Å². The van der Waals surface area contributed by atoms with Crippen LogP contribution in [0.4, 0.5) is 0 Å². The minimum atomic E-state index is 0.934. The predicted molar refractivity (Wildman–Crippen MR) is 245 cm³/mol. The van der Waals surface area contributed by atoms with Crippen LogP contribution in [0.5, 0.6) is 0 Å². The molecule has 13 aromatic rings. The molecule has 0 radical (unpaired) electrons. The highest BCUT2D eigenvalue weighted by Crippen LogP contribution is 2.44. The molecule has 10 aromatic carbocycles. The lowest BCUT2D eigenvalue weighted by molar-refractivity contribution is 1.37. The van der Waals surface area contributed by atoms with Gasteiger partial charge in [0.15, 0.2) is 0 Å². The quantitative estimate of drug-likeness (QED) is 0.170. The molecule has 266 valence electrons. The van der Waals surface area contributed by atoms with Gasteiger partial charge in [-0.3, -0.25) is 9.97 Å². The fourth-order valence-corrected chi connectivity index (χ4v) is 9.84. The van der Waals surface area contributed by atoms with Crippen LogP contribution in [0.1, 0.15) is 0 Å². The lowest BCUT2D eigenvalue weighted by Gasteiger charge is -2.17. The molecule has 3 heteroatoms. The van der Waals surface area contributed by atoms with E-state index in [1.54, 1.807) is 0 Å². The Labute approximate surface area is 332 Å². The Morgan fingerprint density at radius 2 is 0.862 bits per heavy atom. The summed E-state index contributed by atoms with van der Waals surface area (Å²) in [5, 5.41) is 18.3. The molecule has 0 aliphatic heterocycles. The predicted octanol–water partition coefficient (Wildman–Crippen LogP) is 14.7. The van der Waals surface area contributed by atoms with Gasteiger partial charge in [-0.2, -0.15) is 0 Å². The molecule has 0 aliphatic carbocycles. The van der Waals surface area contributed by atoms with Crippen molar-refractivity contribution in [1.29, 1.82) is 0 Å². The summed E-state index contributed by atoms with van der Waals surface area (Å²) in [5.41, 5.74) is 9.79. The summed E-state index contributed by atoms with van der Waals surface area (Å²) in [6.07, 6.45) is 3.77. The van der Waals surface area contributed by atoms with Crippen molar-refractivity contribution in [2.24, 2.45) is 0 Å². The maximum Gasteiger partial charge on any atom is 0.0970 e. The minimum Gasteiger partial charge on any atom is -0.254 e. The molecule has 13 rings (SSSR count). The highest BCUT2D eigenvalue weighted by molar-refractivity contribution is 6.31. The van der Waals surface area contributed by atoms with E-state index in [4.69, 9.17) is 15.0 Å². The van der Waals surface area contributed by atoms with Gasteiger partial charge in [0, 0.05) is 44.9 Å². The topological polar surface area (TPSA) is 38.7 Å². The molecule has 0 aliphatic rings. The summed E-state index contributed by atoms with van der Waals surface area (Å²) < 4.78 is 0. The summed E-state index contributed by atoms with van der Waals surface area (Å²) >= 11 is 0.